The van der Waals surface area contributed by atoms with Crippen LogP contribution < -0.4 is 16.0 Å². The van der Waals surface area contributed by atoms with Gasteiger partial charge < -0.3 is 25.1 Å². The highest BCUT2D eigenvalue weighted by Gasteiger charge is 2.45. The van der Waals surface area contributed by atoms with E-state index in [1.54, 1.807) is 25.6 Å². The molecule has 1 aliphatic rings. The third kappa shape index (κ3) is 7.92. The Morgan fingerprint density at radius 2 is 1.87 bits per heavy atom. The molecule has 3 aromatic rings. The lowest BCUT2D eigenvalue weighted by atomic mass is 9.85. The van der Waals surface area contributed by atoms with Crippen LogP contribution in [0.2, 0.25) is 0 Å². The quantitative estimate of drug-likeness (QED) is 0.296. The highest BCUT2D eigenvalue weighted by molar-refractivity contribution is 7.99. The Morgan fingerprint density at radius 1 is 1.10 bits per heavy atom. The van der Waals surface area contributed by atoms with E-state index < -0.39 is 23.2 Å². The molecule has 0 radical (unpaired) electrons. The summed E-state index contributed by atoms with van der Waals surface area (Å²) in [5.41, 5.74) is 1.03. The molecule has 4 rings (SSSR count). The second-order valence-electron chi connectivity index (χ2n) is 10.3. The van der Waals surface area contributed by atoms with Gasteiger partial charge in [-0.3, -0.25) is 19.7 Å². The van der Waals surface area contributed by atoms with Crippen LogP contribution in [0.15, 0.2) is 70.6 Å². The standard InChI is InChI=1S/C28H33N5O5S/c1-27(2)17-37-28(3,4)38-24(27)25(36)30-15-12-22(34)29-14-13-23(35)33-26-31-20-11-10-19(16-21(20)32-26)39-18-8-6-5-7-9-18/h5-12,15-16,24H,13-14,17H2,1-4H3,(H,29,34)(H,30,36)(H2,31,32,33,35)/b15-12+/t24-/m0/s1. The van der Waals surface area contributed by atoms with Gasteiger partial charge in [0.25, 0.3) is 5.91 Å². The lowest BCUT2D eigenvalue weighted by Gasteiger charge is -2.44. The van der Waals surface area contributed by atoms with Crippen LogP contribution in [0, 0.1) is 5.41 Å². The number of carbonyl (C=O) groups is 3. The van der Waals surface area contributed by atoms with Crippen LogP contribution in [-0.4, -0.2) is 52.7 Å². The molecule has 1 atom stereocenters. The summed E-state index contributed by atoms with van der Waals surface area (Å²) >= 11 is 1.64. The minimum atomic E-state index is -0.869. The van der Waals surface area contributed by atoms with Crippen LogP contribution in [0.25, 0.3) is 11.0 Å². The van der Waals surface area contributed by atoms with Gasteiger partial charge in [0.2, 0.25) is 17.8 Å². The van der Waals surface area contributed by atoms with Gasteiger partial charge >= 0.3 is 0 Å². The summed E-state index contributed by atoms with van der Waals surface area (Å²) in [6.07, 6.45) is 1.78. The number of hydrogen-bond acceptors (Lipinski definition) is 7. The summed E-state index contributed by atoms with van der Waals surface area (Å²) in [6, 6.07) is 15.9. The third-order valence-electron chi connectivity index (χ3n) is 5.94. The summed E-state index contributed by atoms with van der Waals surface area (Å²) in [7, 11) is 0. The van der Waals surface area contributed by atoms with Gasteiger partial charge in [-0.15, -0.1) is 0 Å². The highest BCUT2D eigenvalue weighted by Crippen LogP contribution is 2.35. The first-order valence-corrected chi connectivity index (χ1v) is 13.4. The average Bonchev–Trinajstić information content (AvgIpc) is 3.27. The summed E-state index contributed by atoms with van der Waals surface area (Å²) < 4.78 is 11.4. The van der Waals surface area contributed by atoms with E-state index in [2.05, 4.69) is 25.9 Å². The van der Waals surface area contributed by atoms with Gasteiger partial charge in [-0.2, -0.15) is 0 Å². The van der Waals surface area contributed by atoms with Crippen molar-refractivity contribution < 1.29 is 23.9 Å². The monoisotopic (exact) mass is 551 g/mol. The zero-order valence-corrected chi connectivity index (χ0v) is 23.2. The number of H-pyrrole nitrogens is 1. The Balaban J connectivity index is 1.20. The molecule has 3 amide bonds. The summed E-state index contributed by atoms with van der Waals surface area (Å²) in [5, 5.41) is 7.92. The molecule has 206 valence electrons. The number of rotatable bonds is 9. The van der Waals surface area contributed by atoms with Gasteiger partial charge in [0, 0.05) is 40.4 Å². The maximum atomic E-state index is 12.6. The Kier molecular flexibility index (Phi) is 8.73. The predicted octanol–water partition coefficient (Wildman–Crippen LogP) is 3.97. The molecule has 1 fully saturated rings. The normalized spacial score (nSPS) is 18.1. The van der Waals surface area contributed by atoms with E-state index in [4.69, 9.17) is 9.47 Å². The molecule has 0 spiro atoms. The number of aromatic nitrogens is 2. The van der Waals surface area contributed by atoms with E-state index >= 15 is 0 Å². The van der Waals surface area contributed by atoms with Gasteiger partial charge in [-0.25, -0.2) is 4.98 Å². The maximum Gasteiger partial charge on any atom is 0.253 e. The van der Waals surface area contributed by atoms with Crippen molar-refractivity contribution in [1.29, 1.82) is 0 Å². The second kappa shape index (κ2) is 12.0. The van der Waals surface area contributed by atoms with Crippen LogP contribution in [0.5, 0.6) is 0 Å². The Hall–Kier alpha value is -3.67. The van der Waals surface area contributed by atoms with Crippen LogP contribution in [-0.2, 0) is 23.9 Å². The number of hydrogen-bond donors (Lipinski definition) is 4. The van der Waals surface area contributed by atoms with Crippen molar-refractivity contribution in [3.05, 3.63) is 60.8 Å². The molecule has 11 heteroatoms. The van der Waals surface area contributed by atoms with E-state index in [0.29, 0.717) is 12.6 Å². The average molecular weight is 552 g/mol. The predicted molar refractivity (Wildman–Crippen MR) is 149 cm³/mol. The van der Waals surface area contributed by atoms with Crippen LogP contribution in [0.3, 0.4) is 0 Å². The number of fused-ring (bicyclic) bond motifs is 1. The van der Waals surface area contributed by atoms with Crippen molar-refractivity contribution >= 4 is 46.5 Å². The number of anilines is 1. The van der Waals surface area contributed by atoms with E-state index in [1.165, 1.54) is 12.3 Å². The number of nitrogens with zero attached hydrogens (tertiary/aromatic N) is 1. The lowest BCUT2D eigenvalue weighted by molar-refractivity contribution is -0.303. The zero-order valence-electron chi connectivity index (χ0n) is 22.4. The minimum Gasteiger partial charge on any atom is -0.352 e. The molecule has 0 unspecified atom stereocenters. The fourth-order valence-electron chi connectivity index (χ4n) is 3.89. The molecular weight excluding hydrogens is 518 g/mol. The number of nitrogens with one attached hydrogen (secondary N) is 4. The van der Waals surface area contributed by atoms with Gasteiger partial charge in [-0.05, 0) is 44.2 Å². The SMILES string of the molecule is CC1(C)OCC(C)(C)[C@H](C(=O)N/C=C/C(=O)NCCC(=O)Nc2nc3ccc(Sc4ccccc4)cc3[nH]2)O1. The smallest absolute Gasteiger partial charge is 0.253 e. The number of aromatic amines is 1. The molecule has 1 aromatic heterocycles. The van der Waals surface area contributed by atoms with Gasteiger partial charge in [-0.1, -0.05) is 43.8 Å². The summed E-state index contributed by atoms with van der Waals surface area (Å²) in [6.45, 7) is 7.73. The summed E-state index contributed by atoms with van der Waals surface area (Å²) in [5.74, 6) is -1.63. The fourth-order valence-corrected chi connectivity index (χ4v) is 4.76. The Bertz CT molecular complexity index is 1370. The number of imidazole rings is 1. The number of amides is 3. The molecule has 0 aliphatic carbocycles. The molecule has 1 aliphatic heterocycles. The lowest BCUT2D eigenvalue weighted by Crippen LogP contribution is -2.55. The fraction of sp³-hybridized carbons (Fsp3) is 0.357. The van der Waals surface area contributed by atoms with Gasteiger partial charge in [0.1, 0.15) is 6.10 Å². The van der Waals surface area contributed by atoms with E-state index in [1.807, 2.05) is 62.4 Å². The molecule has 2 aromatic carbocycles. The zero-order chi connectivity index (χ0) is 28.0. The van der Waals surface area contributed by atoms with Crippen molar-refractivity contribution in [2.45, 2.75) is 55.8 Å². The largest absolute Gasteiger partial charge is 0.352 e. The molecule has 4 N–H and O–H groups in total. The van der Waals surface area contributed by atoms with Crippen molar-refractivity contribution in [1.82, 2.24) is 20.6 Å². The number of ether oxygens (including phenoxy) is 2. The van der Waals surface area contributed by atoms with Crippen LogP contribution >= 0.6 is 11.8 Å². The second-order valence-corrected chi connectivity index (χ2v) is 11.4. The Morgan fingerprint density at radius 3 is 2.64 bits per heavy atom. The Labute approximate surface area is 231 Å². The van der Waals surface area contributed by atoms with Gasteiger partial charge in [0.15, 0.2) is 5.79 Å². The molecule has 0 saturated carbocycles. The molecule has 0 bridgehead atoms. The minimum absolute atomic E-state index is 0.0529. The van der Waals surface area contributed by atoms with E-state index in [-0.39, 0.29) is 24.8 Å². The molecule has 2 heterocycles. The number of carbonyl (C=O) groups excluding carboxylic acids is 3. The van der Waals surface area contributed by atoms with E-state index in [0.717, 1.165) is 20.8 Å². The molecule has 1 saturated heterocycles. The first kappa shape index (κ1) is 28.3. The van der Waals surface area contributed by atoms with Crippen molar-refractivity contribution in [2.75, 3.05) is 18.5 Å². The van der Waals surface area contributed by atoms with Crippen molar-refractivity contribution in [3.63, 3.8) is 0 Å². The van der Waals surface area contributed by atoms with Crippen LogP contribution in [0.1, 0.15) is 34.1 Å². The highest BCUT2D eigenvalue weighted by atomic mass is 32.2. The first-order chi connectivity index (χ1) is 18.5. The van der Waals surface area contributed by atoms with Crippen molar-refractivity contribution in [2.24, 2.45) is 5.41 Å². The van der Waals surface area contributed by atoms with Crippen LogP contribution in [0.4, 0.5) is 5.95 Å². The first-order valence-electron chi connectivity index (χ1n) is 12.6. The molecule has 39 heavy (non-hydrogen) atoms. The van der Waals surface area contributed by atoms with Crippen molar-refractivity contribution in [3.8, 4) is 0 Å². The third-order valence-corrected chi connectivity index (χ3v) is 6.94. The maximum absolute atomic E-state index is 12.6. The van der Waals surface area contributed by atoms with Gasteiger partial charge in [0.05, 0.1) is 17.6 Å². The molecular formula is C28H33N5O5S. The number of benzene rings is 2. The topological polar surface area (TPSA) is 134 Å². The summed E-state index contributed by atoms with van der Waals surface area (Å²) in [4.78, 5) is 46.7. The van der Waals surface area contributed by atoms with E-state index in [9.17, 15) is 14.4 Å². The molecule has 10 nitrogen and oxygen atoms in total.